The number of hydrogen-bond donors (Lipinski definition) is 1. The van der Waals surface area contributed by atoms with E-state index < -0.39 is 17.5 Å². The number of fused-ring (bicyclic) bond motifs is 1. The van der Waals surface area contributed by atoms with Crippen LogP contribution in [0.5, 0.6) is 11.5 Å². The van der Waals surface area contributed by atoms with E-state index in [0.29, 0.717) is 29.0 Å². The largest absolute Gasteiger partial charge is 0.454 e. The molecule has 2 aromatic carbocycles. The molecule has 2 aliphatic heterocycles. The lowest BCUT2D eigenvalue weighted by molar-refractivity contribution is -0.130. The van der Waals surface area contributed by atoms with Crippen molar-refractivity contribution in [2.75, 3.05) is 13.3 Å². The number of carbonyl (C=O) groups excluding carboxylic acids is 3. The Hall–Kier alpha value is -3.35. The fourth-order valence-corrected chi connectivity index (χ4v) is 3.88. The smallest absolute Gasteiger partial charge is 0.325 e. The van der Waals surface area contributed by atoms with Crippen molar-refractivity contribution in [2.45, 2.75) is 39.2 Å². The number of Topliss-reactive ketones (excluding diaryl/α,β-unsaturated/α-hetero) is 1. The van der Waals surface area contributed by atoms with Crippen LogP contribution in [0.25, 0.3) is 0 Å². The highest BCUT2D eigenvalue weighted by molar-refractivity contribution is 6.11. The number of ketones is 1. The van der Waals surface area contributed by atoms with Gasteiger partial charge in [0.25, 0.3) is 5.91 Å². The Balaban J connectivity index is 1.60. The van der Waals surface area contributed by atoms with Crippen LogP contribution in [0.3, 0.4) is 0 Å². The van der Waals surface area contributed by atoms with Crippen LogP contribution in [-0.2, 0) is 23.2 Å². The summed E-state index contributed by atoms with van der Waals surface area (Å²) in [7, 11) is 0. The Labute approximate surface area is 175 Å². The van der Waals surface area contributed by atoms with Gasteiger partial charge in [-0.3, -0.25) is 14.5 Å². The summed E-state index contributed by atoms with van der Waals surface area (Å²) in [6.45, 7) is 5.44. The van der Waals surface area contributed by atoms with Crippen molar-refractivity contribution in [1.82, 2.24) is 10.2 Å². The monoisotopic (exact) mass is 408 g/mol. The Morgan fingerprint density at radius 1 is 1.07 bits per heavy atom. The van der Waals surface area contributed by atoms with Gasteiger partial charge in [0, 0.05) is 5.56 Å². The zero-order valence-corrected chi connectivity index (χ0v) is 17.3. The third-order valence-electron chi connectivity index (χ3n) is 5.79. The van der Waals surface area contributed by atoms with Crippen LogP contribution in [0.4, 0.5) is 4.79 Å². The number of amides is 3. The number of hydrogen-bond acceptors (Lipinski definition) is 5. The first-order valence-corrected chi connectivity index (χ1v) is 10.1. The Kier molecular flexibility index (Phi) is 4.97. The summed E-state index contributed by atoms with van der Waals surface area (Å²) < 4.78 is 10.7. The minimum absolute atomic E-state index is 0.118. The Morgan fingerprint density at radius 2 is 1.83 bits per heavy atom. The van der Waals surface area contributed by atoms with Crippen LogP contribution in [0, 0.1) is 0 Å². The van der Waals surface area contributed by atoms with Crippen LogP contribution in [0.1, 0.15) is 47.8 Å². The zero-order chi connectivity index (χ0) is 21.5. The number of benzene rings is 2. The van der Waals surface area contributed by atoms with Gasteiger partial charge in [-0.15, -0.1) is 0 Å². The first-order valence-electron chi connectivity index (χ1n) is 10.1. The number of nitrogens with one attached hydrogen (secondary N) is 1. The van der Waals surface area contributed by atoms with Crippen molar-refractivity contribution in [3.63, 3.8) is 0 Å². The van der Waals surface area contributed by atoms with E-state index in [1.54, 1.807) is 25.1 Å². The molecule has 2 heterocycles. The van der Waals surface area contributed by atoms with E-state index in [1.807, 2.05) is 32.0 Å². The van der Waals surface area contributed by atoms with Gasteiger partial charge in [-0.2, -0.15) is 0 Å². The highest BCUT2D eigenvalue weighted by atomic mass is 16.7. The SMILES string of the molecule is CCc1ccc(CC)c(C(=O)CN2C(=O)N[C@](C)(c3ccc4c(c3)OCO4)C2=O)c1. The van der Waals surface area contributed by atoms with Gasteiger partial charge in [0.1, 0.15) is 5.54 Å². The molecule has 7 nitrogen and oxygen atoms in total. The summed E-state index contributed by atoms with van der Waals surface area (Å²) in [5.74, 6) is 0.397. The predicted octanol–water partition coefficient (Wildman–Crippen LogP) is 3.19. The molecule has 0 saturated carbocycles. The summed E-state index contributed by atoms with van der Waals surface area (Å²) in [4.78, 5) is 39.9. The van der Waals surface area contributed by atoms with Gasteiger partial charge in [0.15, 0.2) is 17.3 Å². The Morgan fingerprint density at radius 3 is 2.57 bits per heavy atom. The molecule has 2 aromatic rings. The van der Waals surface area contributed by atoms with Gasteiger partial charge in [-0.25, -0.2) is 4.79 Å². The molecule has 0 aromatic heterocycles. The number of rotatable bonds is 6. The van der Waals surface area contributed by atoms with E-state index in [4.69, 9.17) is 9.47 Å². The molecule has 3 amide bonds. The third kappa shape index (κ3) is 3.20. The van der Waals surface area contributed by atoms with Gasteiger partial charge < -0.3 is 14.8 Å². The highest BCUT2D eigenvalue weighted by Crippen LogP contribution is 2.37. The Bertz CT molecular complexity index is 1050. The fraction of sp³-hybridized carbons (Fsp3) is 0.348. The molecule has 0 bridgehead atoms. The van der Waals surface area contributed by atoms with Crippen molar-refractivity contribution in [3.05, 3.63) is 58.7 Å². The van der Waals surface area contributed by atoms with Gasteiger partial charge >= 0.3 is 6.03 Å². The first-order chi connectivity index (χ1) is 14.4. The fourth-order valence-electron chi connectivity index (χ4n) is 3.88. The number of carbonyl (C=O) groups is 3. The molecule has 1 N–H and O–H groups in total. The molecule has 1 atom stereocenters. The minimum Gasteiger partial charge on any atom is -0.454 e. The van der Waals surface area contributed by atoms with Crippen molar-refractivity contribution < 1.29 is 23.9 Å². The summed E-state index contributed by atoms with van der Waals surface area (Å²) in [5, 5.41) is 2.73. The van der Waals surface area contributed by atoms with Crippen molar-refractivity contribution in [1.29, 1.82) is 0 Å². The molecule has 1 fully saturated rings. The second-order valence-corrected chi connectivity index (χ2v) is 7.64. The molecule has 0 unspecified atom stereocenters. The van der Waals surface area contributed by atoms with Gasteiger partial charge in [-0.1, -0.05) is 32.0 Å². The molecule has 30 heavy (non-hydrogen) atoms. The summed E-state index contributed by atoms with van der Waals surface area (Å²) in [6.07, 6.45) is 1.50. The summed E-state index contributed by atoms with van der Waals surface area (Å²) >= 11 is 0. The van der Waals surface area contributed by atoms with Crippen molar-refractivity contribution in [2.24, 2.45) is 0 Å². The molecule has 0 aliphatic carbocycles. The molecule has 156 valence electrons. The number of ether oxygens (including phenoxy) is 2. The maximum atomic E-state index is 13.2. The maximum Gasteiger partial charge on any atom is 0.325 e. The van der Waals surface area contributed by atoms with Crippen molar-refractivity contribution in [3.8, 4) is 11.5 Å². The number of imide groups is 1. The molecule has 2 aliphatic rings. The molecule has 4 rings (SSSR count). The standard InChI is InChI=1S/C23H24N2O5/c1-4-14-6-7-15(5-2)17(10-14)18(26)12-25-21(27)23(3,24-22(25)28)16-8-9-19-20(11-16)30-13-29-19/h6-11H,4-5,12-13H2,1-3H3,(H,24,28)/t23-/m1/s1. The lowest BCUT2D eigenvalue weighted by Crippen LogP contribution is -2.41. The minimum atomic E-state index is -1.28. The van der Waals surface area contributed by atoms with Crippen LogP contribution in [0.15, 0.2) is 36.4 Å². The van der Waals surface area contributed by atoms with E-state index in [2.05, 4.69) is 5.32 Å². The van der Waals surface area contributed by atoms with Gasteiger partial charge in [0.2, 0.25) is 6.79 Å². The second kappa shape index (κ2) is 7.48. The van der Waals surface area contributed by atoms with Crippen LogP contribution in [0.2, 0.25) is 0 Å². The molecule has 0 radical (unpaired) electrons. The molecular weight excluding hydrogens is 384 g/mol. The summed E-state index contributed by atoms with van der Waals surface area (Å²) in [5.41, 5.74) is 1.80. The topological polar surface area (TPSA) is 84.9 Å². The lowest BCUT2D eigenvalue weighted by atomic mass is 9.91. The molecule has 7 heteroatoms. The van der Waals surface area contributed by atoms with Crippen LogP contribution >= 0.6 is 0 Å². The number of urea groups is 1. The van der Waals surface area contributed by atoms with Gasteiger partial charge in [-0.05, 0) is 54.7 Å². The molecule has 1 saturated heterocycles. The summed E-state index contributed by atoms with van der Waals surface area (Å²) in [6, 6.07) is 10.3. The average Bonchev–Trinajstić information content (AvgIpc) is 3.31. The number of nitrogens with zero attached hydrogens (tertiary/aromatic N) is 1. The average molecular weight is 408 g/mol. The van der Waals surface area contributed by atoms with Crippen molar-refractivity contribution >= 4 is 17.7 Å². The zero-order valence-electron chi connectivity index (χ0n) is 17.3. The van der Waals surface area contributed by atoms with E-state index in [0.717, 1.165) is 22.4 Å². The predicted molar refractivity (Wildman–Crippen MR) is 110 cm³/mol. The third-order valence-corrected chi connectivity index (χ3v) is 5.79. The van der Waals surface area contributed by atoms with E-state index >= 15 is 0 Å². The lowest BCUT2D eigenvalue weighted by Gasteiger charge is -2.22. The van der Waals surface area contributed by atoms with Crippen LogP contribution in [-0.4, -0.2) is 36.0 Å². The van der Waals surface area contributed by atoms with E-state index in [9.17, 15) is 14.4 Å². The second-order valence-electron chi connectivity index (χ2n) is 7.64. The highest BCUT2D eigenvalue weighted by Gasteiger charge is 2.50. The van der Waals surface area contributed by atoms with Gasteiger partial charge in [0.05, 0.1) is 6.54 Å². The first kappa shape index (κ1) is 19.9. The van der Waals surface area contributed by atoms with E-state index in [1.165, 1.54) is 0 Å². The van der Waals surface area contributed by atoms with Crippen LogP contribution < -0.4 is 14.8 Å². The van der Waals surface area contributed by atoms with E-state index in [-0.39, 0.29) is 19.1 Å². The quantitative estimate of drug-likeness (QED) is 0.586. The normalized spacial score (nSPS) is 19.9. The number of aryl methyl sites for hydroxylation is 2. The molecular formula is C23H24N2O5. The maximum absolute atomic E-state index is 13.2. The molecule has 0 spiro atoms.